The molecule has 0 aliphatic carbocycles. The Morgan fingerprint density at radius 2 is 0.972 bits per heavy atom. The monoisotopic (exact) mass is 500 g/mol. The Balaban J connectivity index is 1.51. The second-order valence-corrected chi connectivity index (χ2v) is 13.3. The summed E-state index contributed by atoms with van der Waals surface area (Å²) in [6.45, 7) is 0. The van der Waals surface area contributed by atoms with Crippen molar-refractivity contribution in [2.75, 3.05) is 0 Å². The van der Waals surface area contributed by atoms with Gasteiger partial charge < -0.3 is 9.47 Å². The van der Waals surface area contributed by atoms with Gasteiger partial charge in [-0.25, -0.2) is 0 Å². The molecule has 0 atom stereocenters. The molecule has 0 bridgehead atoms. The highest BCUT2D eigenvalue weighted by atomic mass is 32.4. The van der Waals surface area contributed by atoms with Crippen LogP contribution in [-0.2, 0) is 11.8 Å². The maximum absolute atomic E-state index is 6.69. The Kier molecular flexibility index (Phi) is 4.95. The zero-order valence-electron chi connectivity index (χ0n) is 19.3. The van der Waals surface area contributed by atoms with Crippen molar-refractivity contribution in [3.05, 3.63) is 127 Å². The van der Waals surface area contributed by atoms with Crippen molar-refractivity contribution < 1.29 is 9.47 Å². The highest BCUT2D eigenvalue weighted by molar-refractivity contribution is 8.25. The lowest BCUT2D eigenvalue weighted by molar-refractivity contribution is 0.364. The van der Waals surface area contributed by atoms with E-state index in [1.165, 1.54) is 0 Å². The lowest BCUT2D eigenvalue weighted by Crippen LogP contribution is -2.25. The number of hydrogen-bond acceptors (Lipinski definition) is 3. The quantitative estimate of drug-likeness (QED) is 0.232. The average molecular weight is 501 g/mol. The predicted octanol–water partition coefficient (Wildman–Crippen LogP) is 7.65. The van der Waals surface area contributed by atoms with Gasteiger partial charge in [0.25, 0.3) is 0 Å². The fourth-order valence-electron chi connectivity index (χ4n) is 5.04. The first-order valence-corrected chi connectivity index (χ1v) is 14.7. The standard InChI is InChI=1S/C32H21O2PS/c36-35(24-13-3-1-4-14-24,25-15-5-2-6-16-25)31-21-30-32(27-18-10-9-17-26(27)31)34-29-20-23-12-8-7-11-22(23)19-28(29)33-30/h1-21H. The summed E-state index contributed by atoms with van der Waals surface area (Å²) in [5, 5.41) is 7.75. The van der Waals surface area contributed by atoms with Crippen LogP contribution in [0.3, 0.4) is 0 Å². The van der Waals surface area contributed by atoms with Crippen LogP contribution in [0.15, 0.2) is 127 Å². The summed E-state index contributed by atoms with van der Waals surface area (Å²) in [5.41, 5.74) is 0. The molecule has 0 fully saturated rings. The molecule has 0 radical (unpaired) electrons. The van der Waals surface area contributed by atoms with Crippen LogP contribution in [0.1, 0.15) is 0 Å². The largest absolute Gasteiger partial charge is 0.449 e. The minimum Gasteiger partial charge on any atom is -0.449 e. The van der Waals surface area contributed by atoms with Gasteiger partial charge in [0.15, 0.2) is 23.0 Å². The van der Waals surface area contributed by atoms with Crippen LogP contribution < -0.4 is 25.4 Å². The Morgan fingerprint density at radius 1 is 0.472 bits per heavy atom. The van der Waals surface area contributed by atoms with Crippen molar-refractivity contribution in [3.63, 3.8) is 0 Å². The fraction of sp³-hybridized carbons (Fsp3) is 0. The molecule has 6 aromatic carbocycles. The van der Waals surface area contributed by atoms with Gasteiger partial charge in [-0.05, 0) is 45.0 Å². The third kappa shape index (κ3) is 3.28. The van der Waals surface area contributed by atoms with Crippen LogP contribution in [0.2, 0.25) is 0 Å². The van der Waals surface area contributed by atoms with Crippen molar-refractivity contribution in [3.8, 4) is 23.0 Å². The molecule has 2 nitrogen and oxygen atoms in total. The molecule has 0 unspecified atom stereocenters. The third-order valence-electron chi connectivity index (χ3n) is 6.76. The Hall–Kier alpha value is -3.91. The lowest BCUT2D eigenvalue weighted by Gasteiger charge is -2.29. The highest BCUT2D eigenvalue weighted by Crippen LogP contribution is 2.53. The molecule has 0 spiro atoms. The Bertz CT molecular complexity index is 1770. The molecule has 1 heterocycles. The number of rotatable bonds is 3. The average Bonchev–Trinajstić information content (AvgIpc) is 2.95. The van der Waals surface area contributed by atoms with E-state index >= 15 is 0 Å². The molecule has 1 aliphatic rings. The molecular formula is C32H21O2PS. The van der Waals surface area contributed by atoms with Gasteiger partial charge in [0.2, 0.25) is 0 Å². The summed E-state index contributed by atoms with van der Waals surface area (Å²) in [7, 11) is 0. The van der Waals surface area contributed by atoms with Crippen LogP contribution in [0.25, 0.3) is 21.5 Å². The number of ether oxygens (including phenoxy) is 2. The topological polar surface area (TPSA) is 18.5 Å². The molecule has 7 rings (SSSR count). The van der Waals surface area contributed by atoms with Gasteiger partial charge in [-0.15, -0.1) is 0 Å². The molecule has 1 aliphatic heterocycles. The van der Waals surface area contributed by atoms with E-state index in [2.05, 4.69) is 91.0 Å². The first kappa shape index (κ1) is 21.4. The zero-order valence-corrected chi connectivity index (χ0v) is 21.0. The van der Waals surface area contributed by atoms with Gasteiger partial charge in [0, 0.05) is 16.7 Å². The predicted molar refractivity (Wildman–Crippen MR) is 154 cm³/mol. The summed E-state index contributed by atoms with van der Waals surface area (Å²) >= 11 is 6.69. The lowest BCUT2D eigenvalue weighted by atomic mass is 10.1. The molecule has 0 aromatic heterocycles. The van der Waals surface area contributed by atoms with Crippen LogP contribution in [0.4, 0.5) is 0 Å². The zero-order chi connectivity index (χ0) is 24.1. The van der Waals surface area contributed by atoms with Gasteiger partial charge in [-0.3, -0.25) is 0 Å². The van der Waals surface area contributed by atoms with Gasteiger partial charge in [-0.2, -0.15) is 0 Å². The summed E-state index contributed by atoms with van der Waals surface area (Å²) in [4.78, 5) is 0. The molecule has 0 saturated carbocycles. The second kappa shape index (κ2) is 8.34. The summed E-state index contributed by atoms with van der Waals surface area (Å²) in [6, 6.07) is 41.4. The normalized spacial score (nSPS) is 12.4. The molecule has 6 aromatic rings. The van der Waals surface area contributed by atoms with E-state index in [4.69, 9.17) is 21.3 Å². The van der Waals surface area contributed by atoms with Crippen molar-refractivity contribution >= 4 is 55.3 Å². The molecule has 0 amide bonds. The van der Waals surface area contributed by atoms with Gasteiger partial charge >= 0.3 is 0 Å². The van der Waals surface area contributed by atoms with E-state index in [1.807, 2.05) is 36.4 Å². The molecule has 0 N–H and O–H groups in total. The summed E-state index contributed by atoms with van der Waals surface area (Å²) in [5.74, 6) is 2.88. The Labute approximate surface area is 214 Å². The number of fused-ring (bicyclic) bond motifs is 5. The van der Waals surface area contributed by atoms with Gasteiger partial charge in [-0.1, -0.05) is 121 Å². The Morgan fingerprint density at radius 3 is 1.58 bits per heavy atom. The van der Waals surface area contributed by atoms with Gasteiger partial charge in [0.1, 0.15) is 0 Å². The van der Waals surface area contributed by atoms with E-state index in [9.17, 15) is 0 Å². The first-order valence-electron chi connectivity index (χ1n) is 11.9. The van der Waals surface area contributed by atoms with Gasteiger partial charge in [0.05, 0.1) is 0 Å². The molecule has 172 valence electrons. The summed E-state index contributed by atoms with van der Waals surface area (Å²) in [6.07, 6.45) is 0. The second-order valence-electron chi connectivity index (χ2n) is 8.90. The molecule has 4 heteroatoms. The molecule has 0 saturated heterocycles. The van der Waals surface area contributed by atoms with Crippen molar-refractivity contribution in [1.29, 1.82) is 0 Å². The van der Waals surface area contributed by atoms with Crippen LogP contribution >= 0.6 is 6.04 Å². The number of hydrogen-bond donors (Lipinski definition) is 0. The van der Waals surface area contributed by atoms with Crippen molar-refractivity contribution in [1.82, 2.24) is 0 Å². The SMILES string of the molecule is S=P(c1ccccc1)(c1ccccc1)c1cc2c(c3ccccc13)Oc1cc3ccccc3cc1O2. The minimum atomic E-state index is -2.39. The highest BCUT2D eigenvalue weighted by Gasteiger charge is 2.31. The maximum atomic E-state index is 6.69. The smallest absolute Gasteiger partial charge is 0.178 e. The number of benzene rings is 6. The van der Waals surface area contributed by atoms with Crippen LogP contribution in [0, 0.1) is 0 Å². The molecule has 36 heavy (non-hydrogen) atoms. The van der Waals surface area contributed by atoms with E-state index < -0.39 is 6.04 Å². The van der Waals surface area contributed by atoms with Crippen molar-refractivity contribution in [2.45, 2.75) is 0 Å². The van der Waals surface area contributed by atoms with E-state index in [1.54, 1.807) is 0 Å². The van der Waals surface area contributed by atoms with E-state index in [0.29, 0.717) is 5.75 Å². The third-order valence-corrected chi connectivity index (χ3v) is 11.7. The maximum Gasteiger partial charge on any atom is 0.178 e. The van der Waals surface area contributed by atoms with Crippen LogP contribution in [0.5, 0.6) is 23.0 Å². The fourth-order valence-corrected chi connectivity index (χ4v) is 9.09. The van der Waals surface area contributed by atoms with E-state index in [0.717, 1.165) is 54.7 Å². The summed E-state index contributed by atoms with van der Waals surface area (Å²) < 4.78 is 13.1. The van der Waals surface area contributed by atoms with E-state index in [-0.39, 0.29) is 0 Å². The van der Waals surface area contributed by atoms with Crippen molar-refractivity contribution in [2.24, 2.45) is 0 Å². The van der Waals surface area contributed by atoms with Crippen LogP contribution in [-0.4, -0.2) is 0 Å². The molecular weight excluding hydrogens is 479 g/mol. The first-order chi connectivity index (χ1) is 17.7. The minimum absolute atomic E-state index is 0.701.